The molecule has 30 heavy (non-hydrogen) atoms. The molecule has 0 fully saturated rings. The van der Waals surface area contributed by atoms with Crippen LogP contribution in [-0.2, 0) is 19.5 Å². The second-order valence-electron chi connectivity index (χ2n) is 7.10. The van der Waals surface area contributed by atoms with Crippen molar-refractivity contribution in [3.8, 4) is 5.75 Å². The Morgan fingerprint density at radius 3 is 2.67 bits per heavy atom. The number of nitrogens with one attached hydrogen (secondary N) is 2. The molecule has 0 aliphatic carbocycles. The number of rotatable bonds is 6. The van der Waals surface area contributed by atoms with Crippen LogP contribution in [0.5, 0.6) is 5.75 Å². The van der Waals surface area contributed by atoms with Gasteiger partial charge in [0, 0.05) is 24.2 Å². The molecular formula is C22H21FN4O3. The summed E-state index contributed by atoms with van der Waals surface area (Å²) in [4.78, 5) is 24.8. The summed E-state index contributed by atoms with van der Waals surface area (Å²) >= 11 is 0. The first kappa shape index (κ1) is 19.6. The van der Waals surface area contributed by atoms with Gasteiger partial charge in [-0.3, -0.25) is 14.3 Å². The van der Waals surface area contributed by atoms with Crippen molar-refractivity contribution in [2.75, 3.05) is 7.11 Å². The topological polar surface area (TPSA) is 85.2 Å². The lowest BCUT2D eigenvalue weighted by molar-refractivity contribution is 0.0927. The minimum atomic E-state index is -0.587. The van der Waals surface area contributed by atoms with Gasteiger partial charge >= 0.3 is 0 Å². The van der Waals surface area contributed by atoms with E-state index < -0.39 is 5.82 Å². The van der Waals surface area contributed by atoms with Crippen molar-refractivity contribution in [3.05, 3.63) is 82.9 Å². The van der Waals surface area contributed by atoms with Crippen LogP contribution in [0.1, 0.15) is 32.1 Å². The van der Waals surface area contributed by atoms with E-state index >= 15 is 0 Å². The van der Waals surface area contributed by atoms with Crippen molar-refractivity contribution in [3.63, 3.8) is 0 Å². The lowest BCUT2D eigenvalue weighted by Crippen LogP contribution is -2.36. The summed E-state index contributed by atoms with van der Waals surface area (Å²) in [5.74, 6) is -1.11. The zero-order valence-electron chi connectivity index (χ0n) is 16.4. The first-order valence-electron chi connectivity index (χ1n) is 9.56. The molecule has 0 radical (unpaired) electrons. The molecule has 2 amide bonds. The Labute approximate surface area is 172 Å². The number of fused-ring (bicyclic) bond motifs is 1. The Morgan fingerprint density at radius 2 is 1.97 bits per heavy atom. The quantitative estimate of drug-likeness (QED) is 0.656. The molecular weight excluding hydrogens is 387 g/mol. The predicted molar refractivity (Wildman–Crippen MR) is 108 cm³/mol. The predicted octanol–water partition coefficient (Wildman–Crippen LogP) is 2.32. The van der Waals surface area contributed by atoms with E-state index in [9.17, 15) is 14.0 Å². The van der Waals surface area contributed by atoms with Crippen molar-refractivity contribution in [2.45, 2.75) is 25.6 Å². The number of hydrogen-bond acceptors (Lipinski definition) is 4. The molecule has 1 aliphatic rings. The number of nitrogens with zero attached hydrogens (tertiary/aromatic N) is 2. The molecule has 0 saturated heterocycles. The number of carbonyl (C=O) groups is 2. The van der Waals surface area contributed by atoms with E-state index in [0.29, 0.717) is 25.2 Å². The highest BCUT2D eigenvalue weighted by Gasteiger charge is 2.26. The fourth-order valence-electron chi connectivity index (χ4n) is 3.46. The van der Waals surface area contributed by atoms with Crippen molar-refractivity contribution >= 4 is 11.8 Å². The Kier molecular flexibility index (Phi) is 5.47. The maximum absolute atomic E-state index is 13.8. The highest BCUT2D eigenvalue weighted by atomic mass is 19.1. The van der Waals surface area contributed by atoms with E-state index in [0.717, 1.165) is 17.3 Å². The van der Waals surface area contributed by atoms with Crippen molar-refractivity contribution < 1.29 is 18.7 Å². The fourth-order valence-corrected chi connectivity index (χ4v) is 3.46. The van der Waals surface area contributed by atoms with Crippen LogP contribution in [0.15, 0.2) is 54.6 Å². The van der Waals surface area contributed by atoms with Crippen LogP contribution < -0.4 is 15.4 Å². The van der Waals surface area contributed by atoms with Gasteiger partial charge in [-0.15, -0.1) is 0 Å². The lowest BCUT2D eigenvalue weighted by atomic mass is 10.1. The third-order valence-corrected chi connectivity index (χ3v) is 4.99. The zero-order chi connectivity index (χ0) is 21.1. The SMILES string of the molecule is COc1ccc(C(=O)NC2Cc3cc(C(=O)NCc4ccccc4)nn3C2)cc1F. The molecule has 154 valence electrons. The van der Waals surface area contributed by atoms with Crippen LogP contribution in [-0.4, -0.2) is 34.7 Å². The molecule has 2 heterocycles. The first-order chi connectivity index (χ1) is 14.5. The van der Waals surface area contributed by atoms with Crippen LogP contribution in [0, 0.1) is 5.82 Å². The molecule has 0 spiro atoms. The van der Waals surface area contributed by atoms with Crippen molar-refractivity contribution in [1.82, 2.24) is 20.4 Å². The number of hydrogen-bond donors (Lipinski definition) is 2. The average Bonchev–Trinajstić information content (AvgIpc) is 3.31. The average molecular weight is 408 g/mol. The van der Waals surface area contributed by atoms with Gasteiger partial charge in [0.05, 0.1) is 19.7 Å². The van der Waals surface area contributed by atoms with E-state index in [1.54, 1.807) is 10.7 Å². The molecule has 2 aromatic carbocycles. The van der Waals surface area contributed by atoms with Crippen LogP contribution in [0.3, 0.4) is 0 Å². The standard InChI is InChI=1S/C22H21FN4O3/c1-30-20-8-7-15(9-18(20)23)21(28)25-16-10-17-11-19(26-27(17)13-16)22(29)24-12-14-5-3-2-4-6-14/h2-9,11,16H,10,12-13H2,1H3,(H,24,29)(H,25,28). The summed E-state index contributed by atoms with van der Waals surface area (Å²) in [5, 5.41) is 10.1. The number of carbonyl (C=O) groups excluding carboxylic acids is 2. The monoisotopic (exact) mass is 408 g/mol. The van der Waals surface area contributed by atoms with Gasteiger partial charge in [-0.25, -0.2) is 4.39 Å². The van der Waals surface area contributed by atoms with Gasteiger partial charge in [0.1, 0.15) is 5.69 Å². The molecule has 8 heteroatoms. The smallest absolute Gasteiger partial charge is 0.272 e. The maximum Gasteiger partial charge on any atom is 0.272 e. The molecule has 3 aromatic rings. The largest absolute Gasteiger partial charge is 0.494 e. The number of amides is 2. The van der Waals surface area contributed by atoms with Gasteiger partial charge in [-0.05, 0) is 29.8 Å². The Morgan fingerprint density at radius 1 is 1.17 bits per heavy atom. The van der Waals surface area contributed by atoms with Crippen LogP contribution in [0.4, 0.5) is 4.39 Å². The summed E-state index contributed by atoms with van der Waals surface area (Å²) in [6.45, 7) is 0.880. The molecule has 1 atom stereocenters. The molecule has 2 N–H and O–H groups in total. The molecule has 0 saturated carbocycles. The summed E-state index contributed by atoms with van der Waals surface area (Å²) in [7, 11) is 1.37. The van der Waals surface area contributed by atoms with E-state index in [1.165, 1.54) is 19.2 Å². The lowest BCUT2D eigenvalue weighted by Gasteiger charge is -2.12. The van der Waals surface area contributed by atoms with Gasteiger partial charge in [0.25, 0.3) is 11.8 Å². The molecule has 1 aromatic heterocycles. The van der Waals surface area contributed by atoms with Crippen LogP contribution in [0.2, 0.25) is 0 Å². The number of aromatic nitrogens is 2. The van der Waals surface area contributed by atoms with E-state index in [1.807, 2.05) is 30.3 Å². The Bertz CT molecular complexity index is 1060. The normalized spacial score (nSPS) is 14.8. The van der Waals surface area contributed by atoms with Gasteiger partial charge < -0.3 is 15.4 Å². The number of benzene rings is 2. The van der Waals surface area contributed by atoms with E-state index in [2.05, 4.69) is 15.7 Å². The van der Waals surface area contributed by atoms with Crippen LogP contribution >= 0.6 is 0 Å². The minimum absolute atomic E-state index is 0.0885. The summed E-state index contributed by atoms with van der Waals surface area (Å²) in [6, 6.07) is 15.3. The van der Waals surface area contributed by atoms with Gasteiger partial charge in [0.2, 0.25) is 0 Å². The van der Waals surface area contributed by atoms with Gasteiger partial charge in [0.15, 0.2) is 11.6 Å². The number of ether oxygens (including phenoxy) is 1. The molecule has 0 bridgehead atoms. The summed E-state index contributed by atoms with van der Waals surface area (Å²) in [6.07, 6.45) is 0.545. The molecule has 7 nitrogen and oxygen atoms in total. The highest BCUT2D eigenvalue weighted by molar-refractivity contribution is 5.94. The van der Waals surface area contributed by atoms with Gasteiger partial charge in [-0.2, -0.15) is 5.10 Å². The van der Waals surface area contributed by atoms with E-state index in [-0.39, 0.29) is 29.2 Å². The second kappa shape index (κ2) is 8.36. The Hall–Kier alpha value is -3.68. The van der Waals surface area contributed by atoms with Crippen molar-refractivity contribution in [2.24, 2.45) is 0 Å². The molecule has 1 unspecified atom stereocenters. The zero-order valence-corrected chi connectivity index (χ0v) is 16.4. The van der Waals surface area contributed by atoms with Gasteiger partial charge in [-0.1, -0.05) is 30.3 Å². The number of halogens is 1. The fraction of sp³-hybridized carbons (Fsp3) is 0.227. The second-order valence-corrected chi connectivity index (χ2v) is 7.10. The summed E-state index contributed by atoms with van der Waals surface area (Å²) in [5.41, 5.74) is 2.45. The van der Waals surface area contributed by atoms with Crippen molar-refractivity contribution in [1.29, 1.82) is 0 Å². The highest BCUT2D eigenvalue weighted by Crippen LogP contribution is 2.19. The Balaban J connectivity index is 1.33. The minimum Gasteiger partial charge on any atom is -0.494 e. The number of methoxy groups -OCH3 is 1. The maximum atomic E-state index is 13.8. The molecule has 1 aliphatic heterocycles. The first-order valence-corrected chi connectivity index (χ1v) is 9.56. The van der Waals surface area contributed by atoms with Crippen LogP contribution in [0.25, 0.3) is 0 Å². The van der Waals surface area contributed by atoms with E-state index in [4.69, 9.17) is 4.74 Å². The third kappa shape index (κ3) is 4.17. The third-order valence-electron chi connectivity index (χ3n) is 4.99. The summed E-state index contributed by atoms with van der Waals surface area (Å²) < 4.78 is 20.4. The molecule has 4 rings (SSSR count).